The van der Waals surface area contributed by atoms with Gasteiger partial charge in [-0.3, -0.25) is 9.59 Å². The molecule has 0 bridgehead atoms. The minimum atomic E-state index is -4.48. The molecule has 6 heteroatoms. The van der Waals surface area contributed by atoms with E-state index in [1.54, 1.807) is 37.3 Å². The van der Waals surface area contributed by atoms with Crippen LogP contribution in [0.4, 0.5) is 13.2 Å². The fourth-order valence-corrected chi connectivity index (χ4v) is 2.26. The lowest BCUT2D eigenvalue weighted by Gasteiger charge is -2.15. The Balaban J connectivity index is 2.36. The maximum atomic E-state index is 12.6. The molecule has 0 N–H and O–H groups in total. The number of alkyl halides is 3. The molecule has 0 fully saturated rings. The molecule has 0 spiro atoms. The predicted octanol–water partition coefficient (Wildman–Crippen LogP) is 4.24. The van der Waals surface area contributed by atoms with E-state index >= 15 is 0 Å². The smallest absolute Gasteiger partial charge is 0.416 e. The molecule has 2 aromatic carbocycles. The summed E-state index contributed by atoms with van der Waals surface area (Å²) >= 11 is 0. The van der Waals surface area contributed by atoms with Crippen LogP contribution in [0.25, 0.3) is 0 Å². The molecule has 1 unspecified atom stereocenters. The zero-order valence-corrected chi connectivity index (χ0v) is 12.8. The van der Waals surface area contributed by atoms with Crippen LogP contribution < -0.4 is 0 Å². The van der Waals surface area contributed by atoms with Crippen molar-refractivity contribution in [3.8, 4) is 0 Å². The number of benzene rings is 2. The number of ketones is 1. The van der Waals surface area contributed by atoms with Crippen molar-refractivity contribution in [1.82, 2.24) is 0 Å². The van der Waals surface area contributed by atoms with Crippen molar-refractivity contribution >= 4 is 11.8 Å². The standard InChI is InChI=1S/C18H15F3O3/c1-2-24-17(23)15(12-6-4-3-5-7-12)16(22)13-8-10-14(11-9-13)18(19,20)21/h3-11,15H,2H2,1H3. The van der Waals surface area contributed by atoms with E-state index in [1.165, 1.54) is 0 Å². The Hall–Kier alpha value is -2.63. The number of Topliss-reactive ketones (excluding diaryl/α,β-unsaturated/α-hetero) is 1. The van der Waals surface area contributed by atoms with Crippen LogP contribution in [-0.4, -0.2) is 18.4 Å². The zero-order chi connectivity index (χ0) is 17.7. The molecular weight excluding hydrogens is 321 g/mol. The third-order valence-electron chi connectivity index (χ3n) is 3.41. The number of carbonyl (C=O) groups is 2. The van der Waals surface area contributed by atoms with Crippen molar-refractivity contribution in [2.24, 2.45) is 0 Å². The normalized spacial score (nSPS) is 12.5. The second-order valence-corrected chi connectivity index (χ2v) is 5.04. The minimum Gasteiger partial charge on any atom is -0.465 e. The topological polar surface area (TPSA) is 43.4 Å². The van der Waals surface area contributed by atoms with Crippen LogP contribution in [0, 0.1) is 0 Å². The van der Waals surface area contributed by atoms with Gasteiger partial charge in [-0.2, -0.15) is 13.2 Å². The summed E-state index contributed by atoms with van der Waals surface area (Å²) in [6.45, 7) is 1.71. The number of ether oxygens (including phenoxy) is 1. The number of halogens is 3. The number of carbonyl (C=O) groups excluding carboxylic acids is 2. The first-order valence-electron chi connectivity index (χ1n) is 7.27. The Morgan fingerprint density at radius 1 is 1.00 bits per heavy atom. The Labute approximate surface area is 137 Å². The molecule has 0 saturated carbocycles. The first-order valence-corrected chi connectivity index (χ1v) is 7.27. The van der Waals surface area contributed by atoms with Gasteiger partial charge in [0.2, 0.25) is 0 Å². The molecule has 0 heterocycles. The van der Waals surface area contributed by atoms with Crippen molar-refractivity contribution < 1.29 is 27.5 Å². The summed E-state index contributed by atoms with van der Waals surface area (Å²) in [4.78, 5) is 24.8. The molecule has 2 rings (SSSR count). The van der Waals surface area contributed by atoms with Crippen LogP contribution in [0.2, 0.25) is 0 Å². The van der Waals surface area contributed by atoms with Gasteiger partial charge in [0.15, 0.2) is 5.78 Å². The largest absolute Gasteiger partial charge is 0.465 e. The molecule has 0 aliphatic carbocycles. The molecular formula is C18H15F3O3. The summed E-state index contributed by atoms with van der Waals surface area (Å²) in [6.07, 6.45) is -4.48. The van der Waals surface area contributed by atoms with Gasteiger partial charge in [0, 0.05) is 5.56 Å². The number of hydrogen-bond acceptors (Lipinski definition) is 3. The summed E-state index contributed by atoms with van der Waals surface area (Å²) in [7, 11) is 0. The first kappa shape index (κ1) is 17.7. The first-order chi connectivity index (χ1) is 11.3. The Kier molecular flexibility index (Phi) is 5.39. The molecule has 3 nitrogen and oxygen atoms in total. The van der Waals surface area contributed by atoms with E-state index < -0.39 is 29.4 Å². The van der Waals surface area contributed by atoms with E-state index in [0.29, 0.717) is 5.56 Å². The quantitative estimate of drug-likeness (QED) is 0.466. The highest BCUT2D eigenvalue weighted by Crippen LogP contribution is 2.30. The van der Waals surface area contributed by atoms with Gasteiger partial charge in [0.1, 0.15) is 5.92 Å². The van der Waals surface area contributed by atoms with E-state index in [0.717, 1.165) is 24.3 Å². The summed E-state index contributed by atoms with van der Waals surface area (Å²) in [5, 5.41) is 0. The van der Waals surface area contributed by atoms with E-state index in [1.807, 2.05) is 0 Å². The fourth-order valence-electron chi connectivity index (χ4n) is 2.26. The lowest BCUT2D eigenvalue weighted by Crippen LogP contribution is -2.24. The summed E-state index contributed by atoms with van der Waals surface area (Å²) in [5.41, 5.74) is -0.405. The van der Waals surface area contributed by atoms with Gasteiger partial charge in [-0.25, -0.2) is 0 Å². The van der Waals surface area contributed by atoms with Crippen molar-refractivity contribution in [3.63, 3.8) is 0 Å². The second-order valence-electron chi connectivity index (χ2n) is 5.04. The van der Waals surface area contributed by atoms with Crippen molar-refractivity contribution in [2.45, 2.75) is 19.0 Å². The highest BCUT2D eigenvalue weighted by molar-refractivity contribution is 6.12. The molecule has 24 heavy (non-hydrogen) atoms. The average molecular weight is 336 g/mol. The Morgan fingerprint density at radius 3 is 2.08 bits per heavy atom. The minimum absolute atomic E-state index is 0.0184. The van der Waals surface area contributed by atoms with Crippen molar-refractivity contribution in [2.75, 3.05) is 6.61 Å². The van der Waals surface area contributed by atoms with E-state index in [4.69, 9.17) is 4.74 Å². The number of hydrogen-bond donors (Lipinski definition) is 0. The molecule has 2 aromatic rings. The van der Waals surface area contributed by atoms with Crippen molar-refractivity contribution in [3.05, 3.63) is 71.3 Å². The monoisotopic (exact) mass is 336 g/mol. The van der Waals surface area contributed by atoms with Crippen LogP contribution in [0.3, 0.4) is 0 Å². The highest BCUT2D eigenvalue weighted by atomic mass is 19.4. The molecule has 0 radical (unpaired) electrons. The van der Waals surface area contributed by atoms with Gasteiger partial charge in [-0.1, -0.05) is 42.5 Å². The number of esters is 1. The van der Waals surface area contributed by atoms with Crippen LogP contribution in [0.15, 0.2) is 54.6 Å². The van der Waals surface area contributed by atoms with Gasteiger partial charge >= 0.3 is 12.1 Å². The van der Waals surface area contributed by atoms with E-state index in [-0.39, 0.29) is 12.2 Å². The van der Waals surface area contributed by atoms with Gasteiger partial charge in [-0.15, -0.1) is 0 Å². The lowest BCUT2D eigenvalue weighted by atomic mass is 9.90. The van der Waals surface area contributed by atoms with Gasteiger partial charge < -0.3 is 4.74 Å². The Morgan fingerprint density at radius 2 is 1.58 bits per heavy atom. The van der Waals surface area contributed by atoms with E-state index in [9.17, 15) is 22.8 Å². The third-order valence-corrected chi connectivity index (χ3v) is 3.41. The van der Waals surface area contributed by atoms with Gasteiger partial charge in [-0.05, 0) is 24.6 Å². The summed E-state index contributed by atoms with van der Waals surface area (Å²) < 4.78 is 42.8. The van der Waals surface area contributed by atoms with Crippen LogP contribution in [0.1, 0.15) is 34.3 Å². The highest BCUT2D eigenvalue weighted by Gasteiger charge is 2.33. The Bertz CT molecular complexity index is 707. The van der Waals surface area contributed by atoms with E-state index in [2.05, 4.69) is 0 Å². The molecule has 0 aliphatic heterocycles. The van der Waals surface area contributed by atoms with Crippen molar-refractivity contribution in [1.29, 1.82) is 0 Å². The van der Waals surface area contributed by atoms with Crippen LogP contribution >= 0.6 is 0 Å². The molecule has 0 aromatic heterocycles. The average Bonchev–Trinajstić information content (AvgIpc) is 2.55. The van der Waals surface area contributed by atoms with Gasteiger partial charge in [0.05, 0.1) is 12.2 Å². The molecule has 0 aliphatic rings. The van der Waals surface area contributed by atoms with Crippen LogP contribution in [0.5, 0.6) is 0 Å². The maximum absolute atomic E-state index is 12.6. The second kappa shape index (κ2) is 7.29. The predicted molar refractivity (Wildman–Crippen MR) is 81.6 cm³/mol. The molecule has 1 atom stereocenters. The van der Waals surface area contributed by atoms with Gasteiger partial charge in [0.25, 0.3) is 0 Å². The summed E-state index contributed by atoms with van der Waals surface area (Å²) in [6, 6.07) is 12.0. The summed E-state index contributed by atoms with van der Waals surface area (Å²) in [5.74, 6) is -2.54. The lowest BCUT2D eigenvalue weighted by molar-refractivity contribution is -0.143. The third kappa shape index (κ3) is 4.01. The molecule has 0 saturated heterocycles. The SMILES string of the molecule is CCOC(=O)C(C(=O)c1ccc(C(F)(F)F)cc1)c1ccccc1. The fraction of sp³-hybridized carbons (Fsp3) is 0.222. The maximum Gasteiger partial charge on any atom is 0.416 e. The number of rotatable bonds is 5. The zero-order valence-electron chi connectivity index (χ0n) is 12.8. The molecule has 126 valence electrons. The molecule has 0 amide bonds. The van der Waals surface area contributed by atoms with Crippen LogP contribution in [-0.2, 0) is 15.7 Å².